The van der Waals surface area contributed by atoms with Gasteiger partial charge in [0.15, 0.2) is 36.2 Å². The number of nitrogens with one attached hydrogen (secondary N) is 3. The van der Waals surface area contributed by atoms with Crippen molar-refractivity contribution in [2.75, 3.05) is 69.8 Å². The molecule has 0 spiro atoms. The number of nitrogens with zero attached hydrogens (tertiary/aromatic N) is 3. The lowest BCUT2D eigenvalue weighted by Crippen LogP contribution is -2.47. The van der Waals surface area contributed by atoms with Crippen LogP contribution in [0.3, 0.4) is 0 Å². The van der Waals surface area contributed by atoms with E-state index in [2.05, 4.69) is 49.9 Å². The predicted molar refractivity (Wildman–Crippen MR) is 268 cm³/mol. The van der Waals surface area contributed by atoms with Crippen molar-refractivity contribution in [1.82, 2.24) is 20.2 Å². The highest BCUT2D eigenvalue weighted by molar-refractivity contribution is 5.96. The SMILES string of the molecule is CC[C@H]1COc2ccc3nc(C)ccc3c2O1.Cc1ccc2c3c(ccc2n1)OC[C@H](CN1CCC[C@@H](Oc2ccc4c(c2)NC(=O)CO4)C1)O3.Cl.O=C1COc2ccc(O[C@@H]3CCCNC3)cc2N1. The third-order valence-corrected chi connectivity index (χ3v) is 12.7. The van der Waals surface area contributed by atoms with Gasteiger partial charge in [0, 0.05) is 53.9 Å². The molecule has 70 heavy (non-hydrogen) atoms. The molecule has 3 N–H and O–H groups in total. The number of anilines is 2. The molecule has 0 aliphatic carbocycles. The number of rotatable bonds is 7. The Balaban J connectivity index is 0.000000142. The number of carbonyl (C=O) groups excluding carboxylic acids is 2. The number of piperidine rings is 2. The molecule has 2 aromatic heterocycles. The van der Waals surface area contributed by atoms with Gasteiger partial charge in [0.2, 0.25) is 0 Å². The largest absolute Gasteiger partial charge is 0.489 e. The van der Waals surface area contributed by atoms with Crippen molar-refractivity contribution in [3.8, 4) is 46.0 Å². The summed E-state index contributed by atoms with van der Waals surface area (Å²) in [5.74, 6) is 5.82. The lowest BCUT2D eigenvalue weighted by molar-refractivity contribution is -0.119. The summed E-state index contributed by atoms with van der Waals surface area (Å²) in [6.07, 6.45) is 5.54. The zero-order chi connectivity index (χ0) is 47.3. The van der Waals surface area contributed by atoms with Gasteiger partial charge < -0.3 is 53.8 Å². The lowest BCUT2D eigenvalue weighted by Gasteiger charge is -2.36. The minimum atomic E-state index is -0.150. The molecule has 0 bridgehead atoms. The zero-order valence-electron chi connectivity index (χ0n) is 39.6. The van der Waals surface area contributed by atoms with Crippen LogP contribution in [-0.2, 0) is 9.59 Å². The van der Waals surface area contributed by atoms with Crippen molar-refractivity contribution < 1.29 is 47.5 Å². The van der Waals surface area contributed by atoms with Crippen LogP contribution >= 0.6 is 12.4 Å². The molecule has 4 atom stereocenters. The molecule has 6 aromatic rings. The second kappa shape index (κ2) is 21.9. The summed E-state index contributed by atoms with van der Waals surface area (Å²) in [7, 11) is 0. The standard InChI is InChI=1S/C26H27N3O5.C14H15NO2.C13H16N2O3.ClH/c1-16-4-6-20-21(27-16)7-9-24-26(20)34-19(14-31-24)13-29-10-2-3-18(12-29)33-17-5-8-23-22(11-17)28-25(30)15-32-23;1-3-10-8-16-13-7-6-12-11(14(13)17-10)5-4-9(2)15-12;16-13-8-17-12-4-3-9(6-11(12)15-13)18-10-2-1-5-14-7-10;/h4-9,11,18-19H,2-3,10,12-15H2,1H3,(H,28,30);4-7,10H,3,8H2,1-2H3;3-4,6,10,14H,1-2,5,7-8H2,(H,15,16);1H/t18-,19+;2*10-;/m101./s1. The normalized spacial score (nSPS) is 21.0. The van der Waals surface area contributed by atoms with Gasteiger partial charge in [-0.05, 0) is 132 Å². The molecule has 2 saturated heterocycles. The van der Waals surface area contributed by atoms with Crippen LogP contribution in [0.2, 0.25) is 0 Å². The Morgan fingerprint density at radius 1 is 0.643 bits per heavy atom. The highest BCUT2D eigenvalue weighted by Gasteiger charge is 2.30. The molecule has 4 aromatic carbocycles. The third kappa shape index (κ3) is 11.5. The maximum atomic E-state index is 11.6. The Morgan fingerprint density at radius 2 is 1.19 bits per heavy atom. The van der Waals surface area contributed by atoms with E-state index in [-0.39, 0.29) is 61.9 Å². The number of hydrogen-bond acceptors (Lipinski definition) is 14. The number of benzene rings is 4. The Kier molecular flexibility index (Phi) is 15.1. The van der Waals surface area contributed by atoms with E-state index >= 15 is 0 Å². The van der Waals surface area contributed by atoms with Crippen LogP contribution in [0, 0.1) is 13.8 Å². The number of aromatic nitrogens is 2. The summed E-state index contributed by atoms with van der Waals surface area (Å²) in [6.45, 7) is 11.9. The maximum Gasteiger partial charge on any atom is 0.262 e. The van der Waals surface area contributed by atoms with Crippen LogP contribution in [0.5, 0.6) is 46.0 Å². The Bertz CT molecular complexity index is 2840. The first-order chi connectivity index (χ1) is 33.7. The predicted octanol–water partition coefficient (Wildman–Crippen LogP) is 8.22. The number of pyridine rings is 2. The summed E-state index contributed by atoms with van der Waals surface area (Å²) in [5.41, 5.74) is 5.22. The van der Waals surface area contributed by atoms with Crippen molar-refractivity contribution in [1.29, 1.82) is 0 Å². The Morgan fingerprint density at radius 3 is 1.76 bits per heavy atom. The second-order valence-electron chi connectivity index (χ2n) is 18.1. The monoisotopic (exact) mass is 974 g/mol. The van der Waals surface area contributed by atoms with Gasteiger partial charge in [0.25, 0.3) is 11.8 Å². The molecule has 0 saturated carbocycles. The minimum absolute atomic E-state index is 0. The number of likely N-dealkylation sites (tertiary alicyclic amines) is 1. The number of hydrogen-bond donors (Lipinski definition) is 3. The first-order valence-electron chi connectivity index (χ1n) is 24.0. The molecule has 12 rings (SSSR count). The van der Waals surface area contributed by atoms with Gasteiger partial charge in [-0.3, -0.25) is 24.5 Å². The topological polar surface area (TPSA) is 173 Å². The first-order valence-corrected chi connectivity index (χ1v) is 24.0. The summed E-state index contributed by atoms with van der Waals surface area (Å²) in [6, 6.07) is 27.1. The molecule has 6 aliphatic heterocycles. The molecule has 6 aliphatic rings. The molecule has 2 amide bonds. The second-order valence-corrected chi connectivity index (χ2v) is 18.1. The quantitative estimate of drug-likeness (QED) is 0.140. The minimum Gasteiger partial charge on any atom is -0.489 e. The van der Waals surface area contributed by atoms with Crippen LogP contribution in [0.15, 0.2) is 84.9 Å². The van der Waals surface area contributed by atoms with Gasteiger partial charge in [-0.2, -0.15) is 0 Å². The van der Waals surface area contributed by atoms with Crippen molar-refractivity contribution in [2.45, 2.75) is 77.3 Å². The highest BCUT2D eigenvalue weighted by atomic mass is 35.5. The number of aryl methyl sites for hydroxylation is 2. The van der Waals surface area contributed by atoms with Gasteiger partial charge in [-0.25, -0.2) is 0 Å². The van der Waals surface area contributed by atoms with E-state index in [1.807, 2.05) is 86.6 Å². The van der Waals surface area contributed by atoms with E-state index in [9.17, 15) is 9.59 Å². The number of fused-ring (bicyclic) bond motifs is 8. The van der Waals surface area contributed by atoms with Gasteiger partial charge in [0.05, 0.1) is 22.4 Å². The Labute approximate surface area is 413 Å². The van der Waals surface area contributed by atoms with E-state index < -0.39 is 0 Å². The van der Waals surface area contributed by atoms with Crippen LogP contribution in [0.1, 0.15) is 50.4 Å². The highest BCUT2D eigenvalue weighted by Crippen LogP contribution is 2.40. The molecule has 368 valence electrons. The number of halogens is 1. The molecule has 17 heteroatoms. The van der Waals surface area contributed by atoms with Crippen molar-refractivity contribution in [2.24, 2.45) is 0 Å². The summed E-state index contributed by atoms with van der Waals surface area (Å²) in [4.78, 5) is 34.3. The van der Waals surface area contributed by atoms with Crippen molar-refractivity contribution in [3.05, 3.63) is 96.3 Å². The van der Waals surface area contributed by atoms with E-state index in [0.717, 1.165) is 133 Å². The number of carbonyl (C=O) groups is 2. The smallest absolute Gasteiger partial charge is 0.262 e. The van der Waals surface area contributed by atoms with Crippen molar-refractivity contribution in [3.63, 3.8) is 0 Å². The number of amides is 2. The molecular formula is C53H59ClN6O10. The summed E-state index contributed by atoms with van der Waals surface area (Å²) >= 11 is 0. The average molecular weight is 976 g/mol. The molecule has 2 fully saturated rings. The van der Waals surface area contributed by atoms with Gasteiger partial charge in [-0.15, -0.1) is 12.4 Å². The fourth-order valence-corrected chi connectivity index (χ4v) is 9.19. The lowest BCUT2D eigenvalue weighted by atomic mass is 10.1. The summed E-state index contributed by atoms with van der Waals surface area (Å²) in [5, 5.41) is 10.9. The first kappa shape index (κ1) is 48.3. The number of ether oxygens (including phenoxy) is 8. The van der Waals surface area contributed by atoms with Gasteiger partial charge >= 0.3 is 0 Å². The van der Waals surface area contributed by atoms with E-state index in [4.69, 9.17) is 37.9 Å². The zero-order valence-corrected chi connectivity index (χ0v) is 40.4. The Hall–Kier alpha value is -6.75. The van der Waals surface area contributed by atoms with Gasteiger partial charge in [0.1, 0.15) is 60.6 Å². The van der Waals surface area contributed by atoms with E-state index in [1.54, 1.807) is 0 Å². The van der Waals surface area contributed by atoms with Crippen LogP contribution in [0.4, 0.5) is 11.4 Å². The molecule has 8 heterocycles. The fourth-order valence-electron chi connectivity index (χ4n) is 9.19. The third-order valence-electron chi connectivity index (χ3n) is 12.7. The molecule has 16 nitrogen and oxygen atoms in total. The molecule has 0 radical (unpaired) electrons. The van der Waals surface area contributed by atoms with E-state index in [0.29, 0.717) is 36.1 Å². The summed E-state index contributed by atoms with van der Waals surface area (Å²) < 4.78 is 47.0. The van der Waals surface area contributed by atoms with Crippen LogP contribution in [-0.4, -0.2) is 110 Å². The average Bonchev–Trinajstić information content (AvgIpc) is 3.36. The van der Waals surface area contributed by atoms with Gasteiger partial charge in [-0.1, -0.05) is 6.92 Å². The van der Waals surface area contributed by atoms with E-state index in [1.165, 1.54) is 0 Å². The van der Waals surface area contributed by atoms with Crippen LogP contribution in [0.25, 0.3) is 21.8 Å². The van der Waals surface area contributed by atoms with Crippen LogP contribution < -0.4 is 53.8 Å². The maximum absolute atomic E-state index is 11.6. The molecule has 0 unspecified atom stereocenters. The molecular weight excluding hydrogens is 916 g/mol. The fraction of sp³-hybridized carbons (Fsp3) is 0.396. The van der Waals surface area contributed by atoms with Crippen molar-refractivity contribution >= 4 is 57.4 Å².